The van der Waals surface area contributed by atoms with E-state index in [1.807, 2.05) is 18.2 Å². The van der Waals surface area contributed by atoms with Gasteiger partial charge in [-0.2, -0.15) is 0 Å². The van der Waals surface area contributed by atoms with Gasteiger partial charge >= 0.3 is 0 Å². The number of ether oxygens (including phenoxy) is 1. The number of hydrogen-bond acceptors (Lipinski definition) is 3. The Balaban J connectivity index is 0.00000128. The van der Waals surface area contributed by atoms with Crippen LogP contribution in [0.15, 0.2) is 30.3 Å². The van der Waals surface area contributed by atoms with Gasteiger partial charge in [0, 0.05) is 13.1 Å². The van der Waals surface area contributed by atoms with E-state index in [0.717, 1.165) is 26.3 Å². The van der Waals surface area contributed by atoms with E-state index in [0.29, 0.717) is 15.6 Å². The second-order valence-corrected chi connectivity index (χ2v) is 4.57. The van der Waals surface area contributed by atoms with Crippen molar-refractivity contribution in [3.63, 3.8) is 0 Å². The van der Waals surface area contributed by atoms with Crippen molar-refractivity contribution in [3.05, 3.63) is 35.9 Å². The van der Waals surface area contributed by atoms with Crippen LogP contribution >= 0.6 is 21.4 Å². The average Bonchev–Trinajstić information content (AvgIpc) is 2.32. The van der Waals surface area contributed by atoms with Crippen LogP contribution in [-0.2, 0) is 15.9 Å². The van der Waals surface area contributed by atoms with E-state index < -0.39 is 0 Å². The fourth-order valence-corrected chi connectivity index (χ4v) is 2.21. The van der Waals surface area contributed by atoms with Crippen molar-refractivity contribution < 1.29 is 9.26 Å². The zero-order valence-corrected chi connectivity index (χ0v) is 10.9. The Labute approximate surface area is 104 Å². The van der Waals surface area contributed by atoms with Gasteiger partial charge in [0.05, 0.1) is 28.8 Å². The fourth-order valence-electron chi connectivity index (χ4n) is 1.44. The number of halogens is 1. The van der Waals surface area contributed by atoms with Gasteiger partial charge in [0.1, 0.15) is 0 Å². The SMILES string of the molecule is Cl.c1ccc(COPN2CCOCC2)cc1. The topological polar surface area (TPSA) is 21.7 Å². The first kappa shape index (κ1) is 13.9. The van der Waals surface area contributed by atoms with Gasteiger partial charge in [-0.05, 0) is 5.56 Å². The van der Waals surface area contributed by atoms with Gasteiger partial charge < -0.3 is 9.26 Å². The lowest BCUT2D eigenvalue weighted by atomic mass is 10.2. The molecule has 1 atom stereocenters. The molecule has 0 aromatic heterocycles. The lowest BCUT2D eigenvalue weighted by Gasteiger charge is -2.25. The Morgan fingerprint density at radius 1 is 1.19 bits per heavy atom. The molecule has 1 heterocycles. The molecule has 1 aromatic rings. The third-order valence-electron chi connectivity index (χ3n) is 2.29. The molecule has 90 valence electrons. The van der Waals surface area contributed by atoms with Crippen LogP contribution in [0.4, 0.5) is 0 Å². The van der Waals surface area contributed by atoms with Crippen molar-refractivity contribution in [1.82, 2.24) is 4.67 Å². The summed E-state index contributed by atoms with van der Waals surface area (Å²) in [5, 5.41) is 0. The molecule has 1 fully saturated rings. The molecular formula is C11H17ClNO2P. The molecule has 2 rings (SSSR count). The molecule has 1 aromatic carbocycles. The molecule has 1 saturated heterocycles. The predicted octanol–water partition coefficient (Wildman–Crippen LogP) is 2.47. The minimum Gasteiger partial charge on any atom is -0.379 e. The van der Waals surface area contributed by atoms with Crippen LogP contribution in [0.25, 0.3) is 0 Å². The summed E-state index contributed by atoms with van der Waals surface area (Å²) in [4.78, 5) is 0. The summed E-state index contributed by atoms with van der Waals surface area (Å²) in [7, 11) is 0.460. The van der Waals surface area contributed by atoms with Crippen molar-refractivity contribution in [3.8, 4) is 0 Å². The summed E-state index contributed by atoms with van der Waals surface area (Å²) >= 11 is 0. The van der Waals surface area contributed by atoms with Crippen LogP contribution in [0.2, 0.25) is 0 Å². The molecule has 5 heteroatoms. The van der Waals surface area contributed by atoms with Crippen LogP contribution < -0.4 is 0 Å². The van der Waals surface area contributed by atoms with Crippen LogP contribution in [0.5, 0.6) is 0 Å². The maximum Gasteiger partial charge on any atom is 0.0895 e. The van der Waals surface area contributed by atoms with E-state index in [2.05, 4.69) is 16.8 Å². The Morgan fingerprint density at radius 2 is 1.88 bits per heavy atom. The predicted molar refractivity (Wildman–Crippen MR) is 69.2 cm³/mol. The highest BCUT2D eigenvalue weighted by Gasteiger charge is 2.09. The molecule has 1 unspecified atom stereocenters. The van der Waals surface area contributed by atoms with Gasteiger partial charge in [0.25, 0.3) is 0 Å². The highest BCUT2D eigenvalue weighted by Crippen LogP contribution is 2.22. The van der Waals surface area contributed by atoms with Gasteiger partial charge in [-0.15, -0.1) is 12.4 Å². The van der Waals surface area contributed by atoms with Crippen LogP contribution in [0.3, 0.4) is 0 Å². The molecule has 1 aliphatic heterocycles. The highest BCUT2D eigenvalue weighted by atomic mass is 35.5. The van der Waals surface area contributed by atoms with Crippen LogP contribution in [0.1, 0.15) is 5.56 Å². The van der Waals surface area contributed by atoms with Gasteiger partial charge in [-0.25, -0.2) is 0 Å². The number of nitrogens with zero attached hydrogens (tertiary/aromatic N) is 1. The van der Waals surface area contributed by atoms with Crippen molar-refractivity contribution >= 4 is 21.4 Å². The Bertz CT molecular complexity index is 281. The summed E-state index contributed by atoms with van der Waals surface area (Å²) in [5.41, 5.74) is 1.23. The molecule has 3 nitrogen and oxygen atoms in total. The lowest BCUT2D eigenvalue weighted by Crippen LogP contribution is -2.30. The first-order chi connectivity index (χ1) is 7.45. The minimum absolute atomic E-state index is 0. The summed E-state index contributed by atoms with van der Waals surface area (Å²) < 4.78 is 13.2. The second kappa shape index (κ2) is 7.99. The van der Waals surface area contributed by atoms with E-state index >= 15 is 0 Å². The van der Waals surface area contributed by atoms with Gasteiger partial charge in [-0.3, -0.25) is 4.67 Å². The number of benzene rings is 1. The molecule has 0 aliphatic carbocycles. The van der Waals surface area contributed by atoms with Crippen molar-refractivity contribution in [2.75, 3.05) is 26.3 Å². The number of hydrogen-bond donors (Lipinski definition) is 0. The van der Waals surface area contributed by atoms with Gasteiger partial charge in [0.2, 0.25) is 0 Å². The van der Waals surface area contributed by atoms with E-state index in [1.54, 1.807) is 0 Å². The molecule has 16 heavy (non-hydrogen) atoms. The van der Waals surface area contributed by atoms with Crippen LogP contribution in [-0.4, -0.2) is 31.0 Å². The third kappa shape index (κ3) is 4.77. The molecular weight excluding hydrogens is 245 g/mol. The Kier molecular flexibility index (Phi) is 6.93. The molecule has 0 radical (unpaired) electrons. The fraction of sp³-hybridized carbons (Fsp3) is 0.455. The smallest absolute Gasteiger partial charge is 0.0895 e. The highest BCUT2D eigenvalue weighted by molar-refractivity contribution is 7.29. The zero-order valence-electron chi connectivity index (χ0n) is 9.09. The number of morpholine rings is 1. The first-order valence-electron chi connectivity index (χ1n) is 5.19. The second-order valence-electron chi connectivity index (χ2n) is 3.46. The van der Waals surface area contributed by atoms with E-state index in [9.17, 15) is 0 Å². The Morgan fingerprint density at radius 3 is 2.56 bits per heavy atom. The molecule has 1 aliphatic rings. The monoisotopic (exact) mass is 261 g/mol. The summed E-state index contributed by atoms with van der Waals surface area (Å²) in [6.07, 6.45) is 0. The van der Waals surface area contributed by atoms with E-state index in [1.165, 1.54) is 5.56 Å². The standard InChI is InChI=1S/C11H16NO2P.ClH/c1-2-4-11(5-3-1)10-14-15-12-6-8-13-9-7-12;/h1-5,15H,6-10H2;1H. The average molecular weight is 262 g/mol. The largest absolute Gasteiger partial charge is 0.379 e. The van der Waals surface area contributed by atoms with Crippen molar-refractivity contribution in [2.45, 2.75) is 6.61 Å². The molecule has 0 spiro atoms. The molecule has 0 N–H and O–H groups in total. The van der Waals surface area contributed by atoms with Gasteiger partial charge in [0.15, 0.2) is 0 Å². The minimum atomic E-state index is 0. The molecule has 0 amide bonds. The van der Waals surface area contributed by atoms with Crippen molar-refractivity contribution in [2.24, 2.45) is 0 Å². The third-order valence-corrected chi connectivity index (χ3v) is 3.27. The first-order valence-corrected chi connectivity index (χ1v) is 6.05. The summed E-state index contributed by atoms with van der Waals surface area (Å²) in [6.45, 7) is 4.36. The molecule has 0 bridgehead atoms. The summed E-state index contributed by atoms with van der Waals surface area (Å²) in [6, 6.07) is 10.3. The lowest BCUT2D eigenvalue weighted by molar-refractivity contribution is 0.0713. The number of rotatable bonds is 4. The quantitative estimate of drug-likeness (QED) is 0.777. The normalized spacial score (nSPS) is 17.5. The maximum absolute atomic E-state index is 5.66. The Hall–Kier alpha value is -0.180. The van der Waals surface area contributed by atoms with Gasteiger partial charge in [-0.1, -0.05) is 30.3 Å². The van der Waals surface area contributed by atoms with E-state index in [-0.39, 0.29) is 12.4 Å². The van der Waals surface area contributed by atoms with Crippen molar-refractivity contribution in [1.29, 1.82) is 0 Å². The van der Waals surface area contributed by atoms with E-state index in [4.69, 9.17) is 9.26 Å². The molecule has 0 saturated carbocycles. The van der Waals surface area contributed by atoms with Crippen LogP contribution in [0, 0.1) is 0 Å². The summed E-state index contributed by atoms with van der Waals surface area (Å²) in [5.74, 6) is 0. The maximum atomic E-state index is 5.66. The zero-order chi connectivity index (χ0) is 10.3.